The molecule has 3 aromatic rings. The Morgan fingerprint density at radius 1 is 1.12 bits per heavy atom. The van der Waals surface area contributed by atoms with E-state index in [-0.39, 0.29) is 5.82 Å². The van der Waals surface area contributed by atoms with Gasteiger partial charge in [0.25, 0.3) is 0 Å². The smallest absolute Gasteiger partial charge is 0.248 e. The Balaban J connectivity index is 1.58. The van der Waals surface area contributed by atoms with Gasteiger partial charge in [0.15, 0.2) is 5.11 Å². The highest BCUT2D eigenvalue weighted by Crippen LogP contribution is 2.11. The lowest BCUT2D eigenvalue weighted by atomic mass is 10.1. The zero-order chi connectivity index (χ0) is 17.6. The van der Waals surface area contributed by atoms with Gasteiger partial charge in [-0.2, -0.15) is 0 Å². The largest absolute Gasteiger partial charge is 0.332 e. The SMILES string of the molecule is CCc1ccc(NC(=S)Nc2ncn(Cc3ccccc3F)n2)cc1. The first-order valence-corrected chi connectivity index (χ1v) is 8.34. The lowest BCUT2D eigenvalue weighted by Crippen LogP contribution is -2.20. The topological polar surface area (TPSA) is 54.8 Å². The van der Waals surface area contributed by atoms with Crippen molar-refractivity contribution < 1.29 is 4.39 Å². The van der Waals surface area contributed by atoms with Gasteiger partial charge in [0.1, 0.15) is 12.1 Å². The van der Waals surface area contributed by atoms with E-state index in [0.717, 1.165) is 12.1 Å². The maximum absolute atomic E-state index is 13.7. The van der Waals surface area contributed by atoms with E-state index in [1.807, 2.05) is 24.3 Å². The fraction of sp³-hybridized carbons (Fsp3) is 0.167. The van der Waals surface area contributed by atoms with Crippen LogP contribution in [0.2, 0.25) is 0 Å². The van der Waals surface area contributed by atoms with Gasteiger partial charge in [-0.25, -0.2) is 14.1 Å². The summed E-state index contributed by atoms with van der Waals surface area (Å²) in [4.78, 5) is 4.14. The molecule has 0 amide bonds. The Labute approximate surface area is 150 Å². The highest BCUT2D eigenvalue weighted by Gasteiger charge is 2.06. The Kier molecular flexibility index (Phi) is 5.35. The second kappa shape index (κ2) is 7.85. The van der Waals surface area contributed by atoms with Gasteiger partial charge < -0.3 is 5.32 Å². The number of thiocarbonyl (C=S) groups is 1. The number of halogens is 1. The fourth-order valence-corrected chi connectivity index (χ4v) is 2.53. The van der Waals surface area contributed by atoms with Crippen LogP contribution in [0.3, 0.4) is 0 Å². The third kappa shape index (κ3) is 4.60. The number of nitrogens with zero attached hydrogens (tertiary/aromatic N) is 3. The third-order valence-electron chi connectivity index (χ3n) is 3.67. The highest BCUT2D eigenvalue weighted by molar-refractivity contribution is 7.80. The molecule has 0 aliphatic carbocycles. The standard InChI is InChI=1S/C18H18FN5S/c1-2-13-7-9-15(10-8-13)21-18(25)22-17-20-12-24(23-17)11-14-5-3-4-6-16(14)19/h3-10,12H,2,11H2,1H3,(H2,21,22,23,25). The monoisotopic (exact) mass is 355 g/mol. The molecule has 7 heteroatoms. The van der Waals surface area contributed by atoms with Crippen LogP contribution in [0.5, 0.6) is 0 Å². The molecule has 0 saturated heterocycles. The molecule has 0 bridgehead atoms. The van der Waals surface area contributed by atoms with Crippen LogP contribution in [-0.2, 0) is 13.0 Å². The normalized spacial score (nSPS) is 10.5. The van der Waals surface area contributed by atoms with Crippen molar-refractivity contribution in [3.05, 3.63) is 71.8 Å². The van der Waals surface area contributed by atoms with E-state index in [0.29, 0.717) is 23.2 Å². The van der Waals surface area contributed by atoms with E-state index >= 15 is 0 Å². The van der Waals surface area contributed by atoms with E-state index < -0.39 is 0 Å². The quantitative estimate of drug-likeness (QED) is 0.681. The molecule has 0 saturated carbocycles. The molecular weight excluding hydrogens is 337 g/mol. The van der Waals surface area contributed by atoms with Gasteiger partial charge in [0.2, 0.25) is 5.95 Å². The number of hydrogen-bond acceptors (Lipinski definition) is 3. The molecule has 0 aliphatic rings. The van der Waals surface area contributed by atoms with E-state index in [1.54, 1.807) is 22.9 Å². The first-order chi connectivity index (χ1) is 12.1. The second-order valence-corrected chi connectivity index (χ2v) is 5.90. The molecule has 0 atom stereocenters. The number of aryl methyl sites for hydroxylation is 1. The minimum Gasteiger partial charge on any atom is -0.332 e. The summed E-state index contributed by atoms with van der Waals surface area (Å²) in [5.74, 6) is 0.0965. The Hall–Kier alpha value is -2.80. The molecular formula is C18H18FN5S. The summed E-state index contributed by atoms with van der Waals surface area (Å²) in [6.45, 7) is 2.41. The average molecular weight is 355 g/mol. The van der Waals surface area contributed by atoms with Gasteiger partial charge >= 0.3 is 0 Å². The predicted molar refractivity (Wildman–Crippen MR) is 101 cm³/mol. The van der Waals surface area contributed by atoms with Crippen LogP contribution in [0.1, 0.15) is 18.1 Å². The summed E-state index contributed by atoms with van der Waals surface area (Å²) < 4.78 is 15.2. The molecule has 25 heavy (non-hydrogen) atoms. The summed E-state index contributed by atoms with van der Waals surface area (Å²) in [6.07, 6.45) is 2.53. The van der Waals surface area contributed by atoms with E-state index in [2.05, 4.69) is 27.6 Å². The summed E-state index contributed by atoms with van der Waals surface area (Å²) >= 11 is 5.27. The van der Waals surface area contributed by atoms with Crippen molar-refractivity contribution in [2.75, 3.05) is 10.6 Å². The third-order valence-corrected chi connectivity index (χ3v) is 3.88. The maximum atomic E-state index is 13.7. The van der Waals surface area contributed by atoms with Crippen LogP contribution in [0.25, 0.3) is 0 Å². The van der Waals surface area contributed by atoms with Crippen molar-refractivity contribution in [1.29, 1.82) is 0 Å². The highest BCUT2D eigenvalue weighted by atomic mass is 32.1. The molecule has 1 heterocycles. The molecule has 128 valence electrons. The Morgan fingerprint density at radius 2 is 1.88 bits per heavy atom. The van der Waals surface area contributed by atoms with Crippen LogP contribution in [0, 0.1) is 5.82 Å². The van der Waals surface area contributed by atoms with Crippen molar-refractivity contribution in [3.63, 3.8) is 0 Å². The van der Waals surface area contributed by atoms with Crippen LogP contribution in [0.4, 0.5) is 16.0 Å². The summed E-state index contributed by atoms with van der Waals surface area (Å²) in [7, 11) is 0. The predicted octanol–water partition coefficient (Wildman–Crippen LogP) is 3.84. The molecule has 5 nitrogen and oxygen atoms in total. The lowest BCUT2D eigenvalue weighted by molar-refractivity contribution is 0.585. The molecule has 0 aliphatic heterocycles. The first kappa shape index (κ1) is 17.0. The number of anilines is 2. The molecule has 2 aromatic carbocycles. The van der Waals surface area contributed by atoms with Crippen LogP contribution in [0.15, 0.2) is 54.9 Å². The molecule has 3 rings (SSSR count). The van der Waals surface area contributed by atoms with Crippen molar-refractivity contribution in [1.82, 2.24) is 14.8 Å². The van der Waals surface area contributed by atoms with Crippen LogP contribution in [-0.4, -0.2) is 19.9 Å². The summed E-state index contributed by atoms with van der Waals surface area (Å²) in [6, 6.07) is 14.6. The number of rotatable bonds is 5. The number of hydrogen-bond donors (Lipinski definition) is 2. The van der Waals surface area contributed by atoms with Gasteiger partial charge in [-0.1, -0.05) is 37.3 Å². The van der Waals surface area contributed by atoms with Crippen molar-refractivity contribution in [2.24, 2.45) is 0 Å². The zero-order valence-electron chi connectivity index (χ0n) is 13.7. The van der Waals surface area contributed by atoms with Gasteiger partial charge in [0.05, 0.1) is 6.54 Å². The summed E-state index contributed by atoms with van der Waals surface area (Å²) in [5.41, 5.74) is 2.70. The van der Waals surface area contributed by atoms with Gasteiger partial charge in [-0.3, -0.25) is 5.32 Å². The Morgan fingerprint density at radius 3 is 2.60 bits per heavy atom. The van der Waals surface area contributed by atoms with E-state index in [9.17, 15) is 4.39 Å². The average Bonchev–Trinajstić information content (AvgIpc) is 3.04. The minimum absolute atomic E-state index is 0.264. The number of nitrogens with one attached hydrogen (secondary N) is 2. The zero-order valence-corrected chi connectivity index (χ0v) is 14.6. The Bertz CT molecular complexity index is 860. The molecule has 1 aromatic heterocycles. The fourth-order valence-electron chi connectivity index (χ4n) is 2.32. The van der Waals surface area contributed by atoms with Crippen LogP contribution >= 0.6 is 12.2 Å². The molecule has 0 fully saturated rings. The van der Waals surface area contributed by atoms with Crippen molar-refractivity contribution >= 4 is 29.0 Å². The second-order valence-electron chi connectivity index (χ2n) is 5.49. The first-order valence-electron chi connectivity index (χ1n) is 7.94. The molecule has 2 N–H and O–H groups in total. The van der Waals surface area contributed by atoms with Crippen molar-refractivity contribution in [2.45, 2.75) is 19.9 Å². The summed E-state index contributed by atoms with van der Waals surface area (Å²) in [5, 5.41) is 10.7. The number of benzene rings is 2. The van der Waals surface area contributed by atoms with Crippen LogP contribution < -0.4 is 10.6 Å². The number of aromatic nitrogens is 3. The lowest BCUT2D eigenvalue weighted by Gasteiger charge is -2.08. The minimum atomic E-state index is -0.264. The van der Waals surface area contributed by atoms with Gasteiger partial charge in [-0.05, 0) is 42.4 Å². The van der Waals surface area contributed by atoms with E-state index in [4.69, 9.17) is 12.2 Å². The van der Waals surface area contributed by atoms with E-state index in [1.165, 1.54) is 18.0 Å². The molecule has 0 radical (unpaired) electrons. The van der Waals surface area contributed by atoms with Crippen molar-refractivity contribution in [3.8, 4) is 0 Å². The van der Waals surface area contributed by atoms with Gasteiger partial charge in [-0.15, -0.1) is 5.10 Å². The van der Waals surface area contributed by atoms with Gasteiger partial charge in [0, 0.05) is 11.3 Å². The molecule has 0 unspecified atom stereocenters. The maximum Gasteiger partial charge on any atom is 0.248 e. The molecule has 0 spiro atoms.